The lowest BCUT2D eigenvalue weighted by atomic mass is 10.1. The summed E-state index contributed by atoms with van der Waals surface area (Å²) in [6.45, 7) is 0.670. The van der Waals surface area contributed by atoms with Crippen LogP contribution in [0.15, 0.2) is 0 Å². The molecule has 0 amide bonds. The first-order valence-electron chi connectivity index (χ1n) is 6.24. The van der Waals surface area contributed by atoms with Crippen LogP contribution >= 0.6 is 0 Å². The Morgan fingerprint density at radius 1 is 0.941 bits per heavy atom. The largest absolute Gasteiger partial charge is 0.481 e. The number of nitrogens with two attached hydrogens (primary N) is 1. The van der Waals surface area contributed by atoms with E-state index in [4.69, 9.17) is 15.6 Å². The van der Waals surface area contributed by atoms with Gasteiger partial charge in [0.1, 0.15) is 6.61 Å². The summed E-state index contributed by atoms with van der Waals surface area (Å²) in [6, 6.07) is 0. The Morgan fingerprint density at radius 3 is 2.00 bits per heavy atom. The van der Waals surface area contributed by atoms with Gasteiger partial charge in [0.2, 0.25) is 0 Å². The molecule has 0 aromatic heterocycles. The number of carbonyl (C=O) groups excluding carboxylic acids is 1. The van der Waals surface area contributed by atoms with Crippen LogP contribution in [-0.4, -0.2) is 30.2 Å². The average Bonchev–Trinajstić information content (AvgIpc) is 2.29. The first-order chi connectivity index (χ1) is 8.16. The number of carboxylic acid groups (broad SMARTS) is 1. The molecule has 0 rings (SSSR count). The van der Waals surface area contributed by atoms with Crippen molar-refractivity contribution in [1.29, 1.82) is 0 Å². The molecule has 0 aromatic carbocycles. The lowest BCUT2D eigenvalue weighted by Crippen LogP contribution is -2.13. The molecule has 0 bridgehead atoms. The van der Waals surface area contributed by atoms with E-state index in [2.05, 4.69) is 0 Å². The third-order valence-corrected chi connectivity index (χ3v) is 2.40. The minimum Gasteiger partial charge on any atom is -0.481 e. The molecular weight excluding hydrogens is 222 g/mol. The van der Waals surface area contributed by atoms with Gasteiger partial charge in [0.05, 0.1) is 0 Å². The second-order valence-corrected chi connectivity index (χ2v) is 4.02. The van der Waals surface area contributed by atoms with Gasteiger partial charge in [-0.25, -0.2) is 0 Å². The van der Waals surface area contributed by atoms with Gasteiger partial charge in [-0.15, -0.1) is 0 Å². The normalized spacial score (nSPS) is 10.2. The summed E-state index contributed by atoms with van der Waals surface area (Å²) in [7, 11) is 0. The minimum atomic E-state index is -0.729. The van der Waals surface area contributed by atoms with Crippen molar-refractivity contribution >= 4 is 11.9 Å². The van der Waals surface area contributed by atoms with Gasteiger partial charge >= 0.3 is 11.9 Å². The van der Waals surface area contributed by atoms with Crippen molar-refractivity contribution in [3.05, 3.63) is 0 Å². The first kappa shape index (κ1) is 15.9. The van der Waals surface area contributed by atoms with E-state index < -0.39 is 5.97 Å². The van der Waals surface area contributed by atoms with Crippen LogP contribution in [-0.2, 0) is 14.3 Å². The van der Waals surface area contributed by atoms with Crippen LogP contribution in [0.25, 0.3) is 0 Å². The molecule has 3 N–H and O–H groups in total. The number of hydrogen-bond acceptors (Lipinski definition) is 4. The SMILES string of the molecule is NCCOC(=O)CCCCCCCCC(=O)O. The Kier molecular flexibility index (Phi) is 10.7. The molecule has 0 spiro atoms. The lowest BCUT2D eigenvalue weighted by molar-refractivity contribution is -0.143. The van der Waals surface area contributed by atoms with Gasteiger partial charge in [-0.05, 0) is 12.8 Å². The highest BCUT2D eigenvalue weighted by atomic mass is 16.5. The van der Waals surface area contributed by atoms with Gasteiger partial charge in [0, 0.05) is 19.4 Å². The lowest BCUT2D eigenvalue weighted by Gasteiger charge is -2.03. The summed E-state index contributed by atoms with van der Waals surface area (Å²) in [5.74, 6) is -0.908. The van der Waals surface area contributed by atoms with Crippen LogP contribution in [0, 0.1) is 0 Å². The number of carboxylic acids is 1. The van der Waals surface area contributed by atoms with Crippen molar-refractivity contribution in [3.8, 4) is 0 Å². The fourth-order valence-corrected chi connectivity index (χ4v) is 1.50. The molecule has 0 saturated carbocycles. The Labute approximate surface area is 102 Å². The third kappa shape index (κ3) is 12.8. The van der Waals surface area contributed by atoms with Gasteiger partial charge in [0.25, 0.3) is 0 Å². The molecule has 17 heavy (non-hydrogen) atoms. The topological polar surface area (TPSA) is 89.6 Å². The summed E-state index contributed by atoms with van der Waals surface area (Å²) < 4.78 is 4.83. The number of esters is 1. The number of unbranched alkanes of at least 4 members (excludes halogenated alkanes) is 5. The van der Waals surface area contributed by atoms with Gasteiger partial charge < -0.3 is 15.6 Å². The molecular formula is C12H23NO4. The predicted molar refractivity (Wildman–Crippen MR) is 64.6 cm³/mol. The van der Waals surface area contributed by atoms with Gasteiger partial charge in [-0.3, -0.25) is 9.59 Å². The number of ether oxygens (including phenoxy) is 1. The maximum Gasteiger partial charge on any atom is 0.305 e. The summed E-state index contributed by atoms with van der Waals surface area (Å²) >= 11 is 0. The van der Waals surface area contributed by atoms with E-state index in [1.807, 2.05) is 0 Å². The van der Waals surface area contributed by atoms with Crippen molar-refractivity contribution < 1.29 is 19.4 Å². The van der Waals surface area contributed by atoms with E-state index in [0.717, 1.165) is 38.5 Å². The molecule has 0 radical (unpaired) electrons. The fraction of sp³-hybridized carbons (Fsp3) is 0.833. The second kappa shape index (κ2) is 11.4. The standard InChI is InChI=1S/C12H23NO4/c13-9-10-17-12(16)8-6-4-2-1-3-5-7-11(14)15/h1-10,13H2,(H,14,15). The van der Waals surface area contributed by atoms with Crippen LogP contribution < -0.4 is 5.73 Å². The van der Waals surface area contributed by atoms with Crippen molar-refractivity contribution in [1.82, 2.24) is 0 Å². The predicted octanol–water partition coefficient (Wildman–Crippen LogP) is 1.69. The van der Waals surface area contributed by atoms with Gasteiger partial charge in [-0.1, -0.05) is 25.7 Å². The number of rotatable bonds is 11. The molecule has 0 aliphatic carbocycles. The van der Waals surface area contributed by atoms with E-state index in [0.29, 0.717) is 19.6 Å². The van der Waals surface area contributed by atoms with Gasteiger partial charge in [0.15, 0.2) is 0 Å². The van der Waals surface area contributed by atoms with Crippen molar-refractivity contribution in [2.45, 2.75) is 51.4 Å². The zero-order valence-electron chi connectivity index (χ0n) is 10.3. The smallest absolute Gasteiger partial charge is 0.305 e. The monoisotopic (exact) mass is 245 g/mol. The second-order valence-electron chi connectivity index (χ2n) is 4.02. The number of carbonyl (C=O) groups is 2. The maximum absolute atomic E-state index is 11.1. The molecule has 0 unspecified atom stereocenters. The van der Waals surface area contributed by atoms with E-state index >= 15 is 0 Å². The average molecular weight is 245 g/mol. The number of aliphatic carboxylic acids is 1. The first-order valence-corrected chi connectivity index (χ1v) is 6.24. The van der Waals surface area contributed by atoms with E-state index in [-0.39, 0.29) is 12.4 Å². The van der Waals surface area contributed by atoms with Crippen LogP contribution in [0.2, 0.25) is 0 Å². The Bertz CT molecular complexity index is 219. The van der Waals surface area contributed by atoms with Crippen molar-refractivity contribution in [2.24, 2.45) is 5.73 Å². The zero-order valence-corrected chi connectivity index (χ0v) is 10.3. The quantitative estimate of drug-likeness (QED) is 0.427. The molecule has 0 saturated heterocycles. The molecule has 0 aliphatic rings. The fourth-order valence-electron chi connectivity index (χ4n) is 1.50. The highest BCUT2D eigenvalue weighted by Gasteiger charge is 2.01. The third-order valence-electron chi connectivity index (χ3n) is 2.40. The Balaban J connectivity index is 3.12. The zero-order chi connectivity index (χ0) is 12.9. The summed E-state index contributed by atoms with van der Waals surface area (Å²) in [6.07, 6.45) is 6.31. The summed E-state index contributed by atoms with van der Waals surface area (Å²) in [5.41, 5.74) is 5.20. The van der Waals surface area contributed by atoms with Gasteiger partial charge in [-0.2, -0.15) is 0 Å². The molecule has 5 heteroatoms. The molecule has 5 nitrogen and oxygen atoms in total. The van der Waals surface area contributed by atoms with Crippen molar-refractivity contribution in [2.75, 3.05) is 13.2 Å². The summed E-state index contributed by atoms with van der Waals surface area (Å²) in [4.78, 5) is 21.3. The molecule has 0 atom stereocenters. The molecule has 0 aliphatic heterocycles. The van der Waals surface area contributed by atoms with E-state index in [1.54, 1.807) is 0 Å². The highest BCUT2D eigenvalue weighted by Crippen LogP contribution is 2.08. The maximum atomic E-state index is 11.1. The summed E-state index contributed by atoms with van der Waals surface area (Å²) in [5, 5.41) is 8.43. The molecule has 0 fully saturated rings. The Hall–Kier alpha value is -1.10. The number of hydrogen-bond donors (Lipinski definition) is 2. The molecule has 0 aromatic rings. The van der Waals surface area contributed by atoms with Crippen LogP contribution in [0.1, 0.15) is 51.4 Å². The van der Waals surface area contributed by atoms with E-state index in [1.165, 1.54) is 0 Å². The van der Waals surface area contributed by atoms with E-state index in [9.17, 15) is 9.59 Å². The van der Waals surface area contributed by atoms with Crippen LogP contribution in [0.5, 0.6) is 0 Å². The molecule has 0 heterocycles. The Morgan fingerprint density at radius 2 is 1.47 bits per heavy atom. The highest BCUT2D eigenvalue weighted by molar-refractivity contribution is 5.69. The van der Waals surface area contributed by atoms with Crippen molar-refractivity contribution in [3.63, 3.8) is 0 Å². The molecule has 100 valence electrons. The van der Waals surface area contributed by atoms with Crippen LogP contribution in [0.4, 0.5) is 0 Å². The minimum absolute atomic E-state index is 0.179. The van der Waals surface area contributed by atoms with Crippen LogP contribution in [0.3, 0.4) is 0 Å².